The highest BCUT2D eigenvalue weighted by Crippen LogP contribution is 2.31. The zero-order valence-corrected chi connectivity index (χ0v) is 11.1. The second-order valence-electron chi connectivity index (χ2n) is 4.28. The third-order valence-corrected chi connectivity index (χ3v) is 3.70. The van der Waals surface area contributed by atoms with Crippen LogP contribution in [0.25, 0.3) is 0 Å². The smallest absolute Gasteiger partial charge is 0.335 e. The van der Waals surface area contributed by atoms with Gasteiger partial charge in [-0.15, -0.1) is 5.10 Å². The highest BCUT2D eigenvalue weighted by molar-refractivity contribution is 7.90. The minimum Gasteiger partial charge on any atom is -0.410 e. The molecule has 1 saturated heterocycles. The lowest BCUT2D eigenvalue weighted by molar-refractivity contribution is -0.132. The molecule has 100 valence electrons. The van der Waals surface area contributed by atoms with Gasteiger partial charge in [-0.2, -0.15) is 0 Å². The Kier molecular flexibility index (Phi) is 3.38. The molecule has 0 bridgehead atoms. The summed E-state index contributed by atoms with van der Waals surface area (Å²) in [6.07, 6.45) is 2.99. The first kappa shape index (κ1) is 13.0. The first-order chi connectivity index (χ1) is 8.43. The highest BCUT2D eigenvalue weighted by atomic mass is 32.2. The fourth-order valence-corrected chi connectivity index (χ4v) is 2.46. The maximum Gasteiger partial charge on any atom is 0.335 e. The Balaban J connectivity index is 2.26. The van der Waals surface area contributed by atoms with E-state index in [2.05, 4.69) is 10.2 Å². The van der Waals surface area contributed by atoms with Crippen LogP contribution < -0.4 is 0 Å². The van der Waals surface area contributed by atoms with Crippen LogP contribution in [-0.4, -0.2) is 42.2 Å². The van der Waals surface area contributed by atoms with Crippen molar-refractivity contribution >= 4 is 15.7 Å². The van der Waals surface area contributed by atoms with Gasteiger partial charge in [-0.05, 0) is 12.8 Å². The number of carbonyl (C=O) groups excluding carboxylic acids is 1. The predicted octanol–water partition coefficient (Wildman–Crippen LogP) is 0.547. The van der Waals surface area contributed by atoms with E-state index in [1.165, 1.54) is 0 Å². The van der Waals surface area contributed by atoms with Crippen molar-refractivity contribution in [3.63, 3.8) is 0 Å². The largest absolute Gasteiger partial charge is 0.410 e. The molecule has 0 spiro atoms. The number of likely N-dealkylation sites (tertiary alicyclic amines) is 1. The van der Waals surface area contributed by atoms with Gasteiger partial charge in [0.05, 0.1) is 0 Å². The molecule has 0 N–H and O–H groups in total. The molecule has 1 aromatic rings. The third kappa shape index (κ3) is 2.38. The van der Waals surface area contributed by atoms with Crippen LogP contribution in [0.5, 0.6) is 0 Å². The predicted molar refractivity (Wildman–Crippen MR) is 61.4 cm³/mol. The van der Waals surface area contributed by atoms with E-state index >= 15 is 0 Å². The monoisotopic (exact) mass is 273 g/mol. The molecule has 0 radical (unpaired) electrons. The molecule has 1 aliphatic rings. The second kappa shape index (κ2) is 4.68. The van der Waals surface area contributed by atoms with Crippen molar-refractivity contribution < 1.29 is 17.6 Å². The van der Waals surface area contributed by atoms with E-state index in [4.69, 9.17) is 4.42 Å². The number of rotatable bonds is 3. The van der Waals surface area contributed by atoms with Crippen molar-refractivity contribution in [1.29, 1.82) is 0 Å². The lowest BCUT2D eigenvalue weighted by Gasteiger charge is -2.21. The van der Waals surface area contributed by atoms with Gasteiger partial charge in [0.25, 0.3) is 0 Å². The summed E-state index contributed by atoms with van der Waals surface area (Å²) in [6.45, 7) is 2.43. The Hall–Kier alpha value is -1.44. The molecular weight excluding hydrogens is 258 g/mol. The van der Waals surface area contributed by atoms with E-state index in [0.29, 0.717) is 13.0 Å². The molecular formula is C10H15N3O4S. The van der Waals surface area contributed by atoms with Crippen LogP contribution in [0.3, 0.4) is 0 Å². The Morgan fingerprint density at radius 3 is 2.78 bits per heavy atom. The lowest BCUT2D eigenvalue weighted by Crippen LogP contribution is -2.29. The van der Waals surface area contributed by atoms with Gasteiger partial charge in [0.15, 0.2) is 0 Å². The lowest BCUT2D eigenvalue weighted by atomic mass is 10.2. The number of hydrogen-bond acceptors (Lipinski definition) is 6. The summed E-state index contributed by atoms with van der Waals surface area (Å²) in [5.41, 5.74) is 0. The Bertz CT molecular complexity index is 551. The summed E-state index contributed by atoms with van der Waals surface area (Å²) in [7, 11) is -3.50. The molecule has 1 aromatic heterocycles. The van der Waals surface area contributed by atoms with Gasteiger partial charge in [0.2, 0.25) is 21.6 Å². The molecule has 8 heteroatoms. The fourth-order valence-electron chi connectivity index (χ4n) is 2.03. The fraction of sp³-hybridized carbons (Fsp3) is 0.700. The number of amides is 1. The van der Waals surface area contributed by atoms with E-state index < -0.39 is 15.1 Å². The van der Waals surface area contributed by atoms with Crippen LogP contribution in [0.4, 0.5) is 0 Å². The second-order valence-corrected chi connectivity index (χ2v) is 6.17. The van der Waals surface area contributed by atoms with Crippen molar-refractivity contribution in [1.82, 2.24) is 15.1 Å². The van der Waals surface area contributed by atoms with Crippen LogP contribution in [0.2, 0.25) is 0 Å². The normalized spacial score (nSPS) is 20.3. The summed E-state index contributed by atoms with van der Waals surface area (Å²) >= 11 is 0. The van der Waals surface area contributed by atoms with Gasteiger partial charge in [0, 0.05) is 19.2 Å². The molecule has 1 aliphatic heterocycles. The summed E-state index contributed by atoms with van der Waals surface area (Å²) in [6, 6.07) is -0.291. The van der Waals surface area contributed by atoms with Gasteiger partial charge in [-0.3, -0.25) is 4.79 Å². The standard InChI is InChI=1S/C10H15N3O4S/c1-3-8(14)13-6-4-5-7(13)9-11-12-10(17-9)18(2,15)16/h7H,3-6H2,1-2H3/t7-/m0/s1. The zero-order chi connectivity index (χ0) is 13.3. The van der Waals surface area contributed by atoms with Crippen molar-refractivity contribution in [3.05, 3.63) is 5.89 Å². The van der Waals surface area contributed by atoms with Gasteiger partial charge in [-0.1, -0.05) is 12.0 Å². The number of sulfone groups is 1. The SMILES string of the molecule is CCC(=O)N1CCC[C@H]1c1nnc(S(C)(=O)=O)o1. The maximum atomic E-state index is 11.7. The number of hydrogen-bond donors (Lipinski definition) is 0. The highest BCUT2D eigenvalue weighted by Gasteiger charge is 2.33. The Morgan fingerprint density at radius 2 is 2.22 bits per heavy atom. The summed E-state index contributed by atoms with van der Waals surface area (Å²) in [4.78, 5) is 13.4. The minimum atomic E-state index is -3.50. The number of aromatic nitrogens is 2. The van der Waals surface area contributed by atoms with Crippen molar-refractivity contribution in [2.45, 2.75) is 37.5 Å². The van der Waals surface area contributed by atoms with Crippen molar-refractivity contribution in [2.75, 3.05) is 12.8 Å². The van der Waals surface area contributed by atoms with Crippen LogP contribution >= 0.6 is 0 Å². The summed E-state index contributed by atoms with van der Waals surface area (Å²) in [5, 5.41) is 6.86. The van der Waals surface area contributed by atoms with E-state index in [9.17, 15) is 13.2 Å². The summed E-state index contributed by atoms with van der Waals surface area (Å²) in [5.74, 6) is 0.214. The van der Waals surface area contributed by atoms with Gasteiger partial charge >= 0.3 is 5.22 Å². The summed E-state index contributed by atoms with van der Waals surface area (Å²) < 4.78 is 27.7. The van der Waals surface area contributed by atoms with Crippen molar-refractivity contribution in [2.24, 2.45) is 0 Å². The molecule has 7 nitrogen and oxygen atoms in total. The van der Waals surface area contributed by atoms with Gasteiger partial charge in [0.1, 0.15) is 6.04 Å². The van der Waals surface area contributed by atoms with Gasteiger partial charge in [-0.25, -0.2) is 8.42 Å². The molecule has 2 rings (SSSR count). The van der Waals surface area contributed by atoms with E-state index in [1.54, 1.807) is 11.8 Å². The quantitative estimate of drug-likeness (QED) is 0.798. The molecule has 0 aliphatic carbocycles. The Labute approximate surface area is 105 Å². The molecule has 0 saturated carbocycles. The molecule has 0 unspecified atom stereocenters. The van der Waals surface area contributed by atoms with E-state index in [-0.39, 0.29) is 17.8 Å². The van der Waals surface area contributed by atoms with Gasteiger partial charge < -0.3 is 9.32 Å². The minimum absolute atomic E-state index is 0.0107. The van der Waals surface area contributed by atoms with Crippen LogP contribution in [0.1, 0.15) is 38.1 Å². The van der Waals surface area contributed by atoms with E-state index in [1.807, 2.05) is 0 Å². The van der Waals surface area contributed by atoms with Crippen LogP contribution in [-0.2, 0) is 14.6 Å². The molecule has 0 aromatic carbocycles. The topological polar surface area (TPSA) is 93.4 Å². The molecule has 2 heterocycles. The Morgan fingerprint density at radius 1 is 1.50 bits per heavy atom. The van der Waals surface area contributed by atoms with Crippen molar-refractivity contribution in [3.8, 4) is 0 Å². The first-order valence-corrected chi connectivity index (χ1v) is 7.65. The van der Waals surface area contributed by atoms with Crippen LogP contribution in [0.15, 0.2) is 9.64 Å². The number of nitrogens with zero attached hydrogens (tertiary/aromatic N) is 3. The molecule has 1 fully saturated rings. The zero-order valence-electron chi connectivity index (χ0n) is 10.3. The molecule has 1 amide bonds. The average Bonchev–Trinajstić information content (AvgIpc) is 2.94. The molecule has 1 atom stereocenters. The average molecular weight is 273 g/mol. The van der Waals surface area contributed by atoms with E-state index in [0.717, 1.165) is 19.1 Å². The third-order valence-electron chi connectivity index (χ3n) is 2.90. The number of carbonyl (C=O) groups is 1. The molecule has 18 heavy (non-hydrogen) atoms. The van der Waals surface area contributed by atoms with Crippen LogP contribution in [0, 0.1) is 0 Å². The first-order valence-electron chi connectivity index (χ1n) is 5.76. The maximum absolute atomic E-state index is 11.7.